The van der Waals surface area contributed by atoms with Crippen molar-refractivity contribution in [2.45, 2.75) is 33.2 Å². The van der Waals surface area contributed by atoms with Crippen LogP contribution in [0.4, 0.5) is 0 Å². The molecule has 0 aromatic heterocycles. The Morgan fingerprint density at radius 1 is 1.25 bits per heavy atom. The van der Waals surface area contributed by atoms with E-state index in [0.717, 1.165) is 0 Å². The Bertz CT molecular complexity index is 360. The van der Waals surface area contributed by atoms with E-state index in [1.807, 2.05) is 13.8 Å². The number of hydrogen-bond acceptors (Lipinski definition) is 3. The van der Waals surface area contributed by atoms with E-state index in [1.165, 1.54) is 6.07 Å². The van der Waals surface area contributed by atoms with E-state index in [2.05, 4.69) is 0 Å². The summed E-state index contributed by atoms with van der Waals surface area (Å²) in [5.74, 6) is -0.685. The molecule has 0 amide bonds. The second kappa shape index (κ2) is 5.51. The zero-order valence-electron chi connectivity index (χ0n) is 9.64. The maximum atomic E-state index is 10.9. The van der Waals surface area contributed by atoms with Gasteiger partial charge in [-0.25, -0.2) is 4.79 Å². The van der Waals surface area contributed by atoms with E-state index in [4.69, 9.17) is 14.6 Å². The lowest BCUT2D eigenvalue weighted by molar-refractivity contribution is -0.0953. The standard InChI is InChI=1S/C12H16O4/c1-8(2)15-9(3)16-11-7-5-4-6-10(11)12(13)14/h4-9H,1-3H3,(H,13,14). The first-order chi connectivity index (χ1) is 7.50. The number of carboxylic acids is 1. The maximum Gasteiger partial charge on any atom is 0.339 e. The lowest BCUT2D eigenvalue weighted by Crippen LogP contribution is -2.21. The SMILES string of the molecule is CC(C)OC(C)Oc1ccccc1C(=O)O. The first-order valence-corrected chi connectivity index (χ1v) is 5.15. The highest BCUT2D eigenvalue weighted by atomic mass is 16.7. The Labute approximate surface area is 94.8 Å². The van der Waals surface area contributed by atoms with Crippen molar-refractivity contribution in [1.29, 1.82) is 0 Å². The van der Waals surface area contributed by atoms with Gasteiger partial charge in [-0.05, 0) is 32.9 Å². The summed E-state index contributed by atoms with van der Waals surface area (Å²) in [6.07, 6.45) is -0.438. The summed E-state index contributed by atoms with van der Waals surface area (Å²) in [6, 6.07) is 6.50. The average molecular weight is 224 g/mol. The largest absolute Gasteiger partial charge is 0.478 e. The molecule has 0 saturated heterocycles. The number of aromatic carboxylic acids is 1. The minimum atomic E-state index is -1.01. The fourth-order valence-corrected chi connectivity index (χ4v) is 1.34. The number of para-hydroxylation sites is 1. The van der Waals surface area contributed by atoms with Crippen molar-refractivity contribution in [1.82, 2.24) is 0 Å². The molecular formula is C12H16O4. The molecule has 1 aromatic carbocycles. The lowest BCUT2D eigenvalue weighted by Gasteiger charge is -2.18. The highest BCUT2D eigenvalue weighted by Gasteiger charge is 2.13. The first-order valence-electron chi connectivity index (χ1n) is 5.15. The summed E-state index contributed by atoms with van der Waals surface area (Å²) in [6.45, 7) is 5.52. The molecule has 1 rings (SSSR count). The molecule has 0 saturated carbocycles. The predicted molar refractivity (Wildman–Crippen MR) is 59.7 cm³/mol. The highest BCUT2D eigenvalue weighted by Crippen LogP contribution is 2.19. The molecule has 4 heteroatoms. The van der Waals surface area contributed by atoms with E-state index >= 15 is 0 Å². The maximum absolute atomic E-state index is 10.9. The summed E-state index contributed by atoms with van der Waals surface area (Å²) in [5, 5.41) is 8.94. The quantitative estimate of drug-likeness (QED) is 0.781. The normalized spacial score (nSPS) is 12.5. The van der Waals surface area contributed by atoms with Gasteiger partial charge in [-0.15, -0.1) is 0 Å². The molecule has 1 unspecified atom stereocenters. The third-order valence-corrected chi connectivity index (χ3v) is 1.87. The summed E-state index contributed by atoms with van der Waals surface area (Å²) in [4.78, 5) is 10.9. The van der Waals surface area contributed by atoms with Gasteiger partial charge in [-0.1, -0.05) is 12.1 Å². The van der Waals surface area contributed by atoms with Crippen LogP contribution in [0.1, 0.15) is 31.1 Å². The average Bonchev–Trinajstić information content (AvgIpc) is 2.16. The van der Waals surface area contributed by atoms with Crippen molar-refractivity contribution in [2.24, 2.45) is 0 Å². The molecule has 0 spiro atoms. The molecule has 16 heavy (non-hydrogen) atoms. The Hall–Kier alpha value is -1.55. The van der Waals surface area contributed by atoms with Crippen LogP contribution in [0.5, 0.6) is 5.75 Å². The number of carboxylic acid groups (broad SMARTS) is 1. The van der Waals surface area contributed by atoms with E-state index in [9.17, 15) is 4.79 Å². The van der Waals surface area contributed by atoms with Crippen molar-refractivity contribution < 1.29 is 19.4 Å². The number of benzene rings is 1. The van der Waals surface area contributed by atoms with Gasteiger partial charge in [0.15, 0.2) is 6.29 Å². The zero-order chi connectivity index (χ0) is 12.1. The fourth-order valence-electron chi connectivity index (χ4n) is 1.34. The van der Waals surface area contributed by atoms with Gasteiger partial charge in [0.1, 0.15) is 11.3 Å². The molecule has 4 nitrogen and oxygen atoms in total. The van der Waals surface area contributed by atoms with E-state index in [0.29, 0.717) is 5.75 Å². The highest BCUT2D eigenvalue weighted by molar-refractivity contribution is 5.90. The topological polar surface area (TPSA) is 55.8 Å². The van der Waals surface area contributed by atoms with Gasteiger partial charge in [0, 0.05) is 0 Å². The number of hydrogen-bond donors (Lipinski definition) is 1. The first kappa shape index (κ1) is 12.5. The van der Waals surface area contributed by atoms with Crippen LogP contribution in [0.15, 0.2) is 24.3 Å². The van der Waals surface area contributed by atoms with Crippen molar-refractivity contribution in [3.8, 4) is 5.75 Å². The third-order valence-electron chi connectivity index (χ3n) is 1.87. The van der Waals surface area contributed by atoms with E-state index in [-0.39, 0.29) is 11.7 Å². The fraction of sp³-hybridized carbons (Fsp3) is 0.417. The molecule has 1 atom stereocenters. The van der Waals surface area contributed by atoms with Gasteiger partial charge in [-0.3, -0.25) is 0 Å². The van der Waals surface area contributed by atoms with Crippen molar-refractivity contribution in [2.75, 3.05) is 0 Å². The van der Waals surface area contributed by atoms with Crippen LogP contribution in [-0.4, -0.2) is 23.5 Å². The molecule has 88 valence electrons. The molecule has 0 heterocycles. The number of carbonyl (C=O) groups is 1. The minimum absolute atomic E-state index is 0.0343. The van der Waals surface area contributed by atoms with E-state index < -0.39 is 12.3 Å². The Balaban J connectivity index is 2.76. The summed E-state index contributed by atoms with van der Waals surface area (Å²) >= 11 is 0. The lowest BCUT2D eigenvalue weighted by atomic mass is 10.2. The monoisotopic (exact) mass is 224 g/mol. The van der Waals surface area contributed by atoms with Crippen molar-refractivity contribution in [3.05, 3.63) is 29.8 Å². The van der Waals surface area contributed by atoms with Gasteiger partial charge < -0.3 is 14.6 Å². The van der Waals surface area contributed by atoms with Crippen LogP contribution in [0.3, 0.4) is 0 Å². The van der Waals surface area contributed by atoms with Crippen LogP contribution in [-0.2, 0) is 4.74 Å². The Morgan fingerprint density at radius 2 is 1.88 bits per heavy atom. The van der Waals surface area contributed by atoms with Crippen LogP contribution in [0.2, 0.25) is 0 Å². The molecule has 0 radical (unpaired) electrons. The Kier molecular flexibility index (Phi) is 4.31. The van der Waals surface area contributed by atoms with Crippen LogP contribution >= 0.6 is 0 Å². The second-order valence-electron chi connectivity index (χ2n) is 3.67. The summed E-state index contributed by atoms with van der Waals surface area (Å²) in [7, 11) is 0. The minimum Gasteiger partial charge on any atom is -0.478 e. The Morgan fingerprint density at radius 3 is 2.44 bits per heavy atom. The molecular weight excluding hydrogens is 208 g/mol. The van der Waals surface area contributed by atoms with Crippen LogP contribution in [0, 0.1) is 0 Å². The zero-order valence-corrected chi connectivity index (χ0v) is 9.64. The molecule has 0 bridgehead atoms. The third kappa shape index (κ3) is 3.55. The predicted octanol–water partition coefficient (Wildman–Crippen LogP) is 2.53. The molecule has 0 aliphatic carbocycles. The van der Waals surface area contributed by atoms with Gasteiger partial charge >= 0.3 is 5.97 Å². The van der Waals surface area contributed by atoms with Crippen LogP contribution in [0.25, 0.3) is 0 Å². The second-order valence-corrected chi connectivity index (χ2v) is 3.67. The van der Waals surface area contributed by atoms with Gasteiger partial charge in [-0.2, -0.15) is 0 Å². The summed E-state index contributed by atoms with van der Waals surface area (Å²) in [5.41, 5.74) is 0.140. The molecule has 0 aliphatic heterocycles. The van der Waals surface area contributed by atoms with Crippen LogP contribution < -0.4 is 4.74 Å². The van der Waals surface area contributed by atoms with Gasteiger partial charge in [0.25, 0.3) is 0 Å². The number of ether oxygens (including phenoxy) is 2. The molecule has 1 aromatic rings. The smallest absolute Gasteiger partial charge is 0.339 e. The molecule has 1 N–H and O–H groups in total. The molecule has 0 fully saturated rings. The van der Waals surface area contributed by atoms with Gasteiger partial charge in [0.05, 0.1) is 6.10 Å². The van der Waals surface area contributed by atoms with Crippen molar-refractivity contribution >= 4 is 5.97 Å². The summed E-state index contributed by atoms with van der Waals surface area (Å²) < 4.78 is 10.8. The molecule has 0 aliphatic rings. The van der Waals surface area contributed by atoms with Crippen molar-refractivity contribution in [3.63, 3.8) is 0 Å². The van der Waals surface area contributed by atoms with Gasteiger partial charge in [0.2, 0.25) is 0 Å². The number of rotatable bonds is 5. The van der Waals surface area contributed by atoms with E-state index in [1.54, 1.807) is 25.1 Å².